The van der Waals surface area contributed by atoms with Crippen LogP contribution in [0.5, 0.6) is 0 Å². The van der Waals surface area contributed by atoms with E-state index in [2.05, 4.69) is 10.3 Å². The van der Waals surface area contributed by atoms with Gasteiger partial charge in [-0.05, 0) is 32.9 Å². The average molecular weight is 276 g/mol. The fourth-order valence-electron chi connectivity index (χ4n) is 1.87. The molecule has 4 nitrogen and oxygen atoms in total. The van der Waals surface area contributed by atoms with Gasteiger partial charge in [0.15, 0.2) is 0 Å². The molecule has 100 valence electrons. The van der Waals surface area contributed by atoms with Crippen LogP contribution in [0.15, 0.2) is 29.8 Å². The van der Waals surface area contributed by atoms with E-state index >= 15 is 0 Å². The Morgan fingerprint density at radius 3 is 2.74 bits per heavy atom. The number of aromatic carboxylic acids is 1. The summed E-state index contributed by atoms with van der Waals surface area (Å²) >= 11 is 1.55. The first-order valence-corrected chi connectivity index (χ1v) is 6.80. The molecule has 1 aromatic carbocycles. The molecule has 2 rings (SSSR count). The van der Waals surface area contributed by atoms with E-state index in [4.69, 9.17) is 0 Å². The van der Waals surface area contributed by atoms with Crippen molar-refractivity contribution in [2.75, 3.05) is 5.32 Å². The lowest BCUT2D eigenvalue weighted by atomic mass is 10.0. The molecule has 0 saturated heterocycles. The van der Waals surface area contributed by atoms with Crippen molar-refractivity contribution in [3.8, 4) is 0 Å². The maximum Gasteiger partial charge on any atom is 0.337 e. The van der Waals surface area contributed by atoms with Crippen molar-refractivity contribution in [1.82, 2.24) is 4.98 Å². The van der Waals surface area contributed by atoms with E-state index in [1.807, 2.05) is 32.2 Å². The molecule has 1 heterocycles. The lowest BCUT2D eigenvalue weighted by Gasteiger charge is -2.26. The van der Waals surface area contributed by atoms with Crippen LogP contribution < -0.4 is 5.32 Å². The van der Waals surface area contributed by atoms with E-state index in [0.717, 1.165) is 10.6 Å². The van der Waals surface area contributed by atoms with Crippen LogP contribution in [0.25, 0.3) is 0 Å². The molecule has 0 atom stereocenters. The molecule has 0 spiro atoms. The number of thiazole rings is 1. The van der Waals surface area contributed by atoms with Crippen LogP contribution in [-0.2, 0) is 5.54 Å². The highest BCUT2D eigenvalue weighted by Crippen LogP contribution is 2.29. The summed E-state index contributed by atoms with van der Waals surface area (Å²) in [6, 6.07) is 5.36. The Bertz CT molecular complexity index is 591. The molecule has 0 fully saturated rings. The van der Waals surface area contributed by atoms with Crippen molar-refractivity contribution in [2.45, 2.75) is 26.3 Å². The van der Waals surface area contributed by atoms with Gasteiger partial charge < -0.3 is 10.4 Å². The second-order valence-electron chi connectivity index (χ2n) is 4.94. The Balaban J connectivity index is 2.36. The van der Waals surface area contributed by atoms with Crippen molar-refractivity contribution in [3.05, 3.63) is 45.9 Å². The minimum Gasteiger partial charge on any atom is -0.478 e. The van der Waals surface area contributed by atoms with Crippen LogP contribution in [0.2, 0.25) is 0 Å². The number of hydrogen-bond acceptors (Lipinski definition) is 4. The van der Waals surface area contributed by atoms with Gasteiger partial charge in [-0.1, -0.05) is 11.6 Å². The van der Waals surface area contributed by atoms with Crippen molar-refractivity contribution >= 4 is 23.0 Å². The number of nitrogens with zero attached hydrogens (tertiary/aromatic N) is 1. The maximum atomic E-state index is 11.3. The molecule has 0 saturated carbocycles. The first-order chi connectivity index (χ1) is 8.90. The number of nitrogens with one attached hydrogen (secondary N) is 1. The summed E-state index contributed by atoms with van der Waals surface area (Å²) in [4.78, 5) is 15.6. The van der Waals surface area contributed by atoms with Crippen LogP contribution in [0.3, 0.4) is 0 Å². The summed E-state index contributed by atoms with van der Waals surface area (Å²) in [6.45, 7) is 5.84. The molecule has 0 aliphatic carbocycles. The number of aromatic nitrogens is 1. The average Bonchev–Trinajstić information content (AvgIpc) is 2.85. The number of hydrogen-bond donors (Lipinski definition) is 2. The lowest BCUT2D eigenvalue weighted by molar-refractivity contribution is 0.0697. The number of rotatable bonds is 4. The first kappa shape index (κ1) is 13.5. The Morgan fingerprint density at radius 1 is 1.42 bits per heavy atom. The van der Waals surface area contributed by atoms with Gasteiger partial charge in [0, 0.05) is 17.3 Å². The molecular weight excluding hydrogens is 260 g/mol. The smallest absolute Gasteiger partial charge is 0.337 e. The summed E-state index contributed by atoms with van der Waals surface area (Å²) in [5, 5.41) is 15.4. The van der Waals surface area contributed by atoms with Crippen molar-refractivity contribution in [1.29, 1.82) is 0 Å². The zero-order valence-electron chi connectivity index (χ0n) is 11.1. The summed E-state index contributed by atoms with van der Waals surface area (Å²) in [7, 11) is 0. The normalized spacial score (nSPS) is 11.3. The molecule has 0 amide bonds. The minimum absolute atomic E-state index is 0.282. The molecule has 0 unspecified atom stereocenters. The number of carboxylic acids is 1. The molecule has 0 radical (unpaired) electrons. The van der Waals surface area contributed by atoms with Gasteiger partial charge in [0.25, 0.3) is 0 Å². The van der Waals surface area contributed by atoms with Gasteiger partial charge in [-0.2, -0.15) is 0 Å². The highest BCUT2D eigenvalue weighted by molar-refractivity contribution is 7.09. The van der Waals surface area contributed by atoms with E-state index < -0.39 is 11.5 Å². The number of benzene rings is 1. The van der Waals surface area contributed by atoms with Gasteiger partial charge in [-0.15, -0.1) is 11.3 Å². The van der Waals surface area contributed by atoms with Crippen LogP contribution in [0, 0.1) is 6.92 Å². The SMILES string of the molecule is Cc1ccc(NC(C)(C)c2nccs2)c(C(=O)O)c1. The van der Waals surface area contributed by atoms with Crippen LogP contribution >= 0.6 is 11.3 Å². The minimum atomic E-state index is -0.930. The maximum absolute atomic E-state index is 11.3. The molecule has 0 aliphatic rings. The topological polar surface area (TPSA) is 62.2 Å². The summed E-state index contributed by atoms with van der Waals surface area (Å²) in [5.74, 6) is -0.930. The van der Waals surface area contributed by atoms with E-state index in [1.54, 1.807) is 29.7 Å². The number of anilines is 1. The summed E-state index contributed by atoms with van der Waals surface area (Å²) in [6.07, 6.45) is 1.75. The van der Waals surface area contributed by atoms with Gasteiger partial charge in [0.2, 0.25) is 0 Å². The van der Waals surface area contributed by atoms with E-state index in [9.17, 15) is 9.90 Å². The molecule has 19 heavy (non-hydrogen) atoms. The zero-order valence-corrected chi connectivity index (χ0v) is 11.9. The number of carboxylic acid groups (broad SMARTS) is 1. The molecule has 5 heteroatoms. The van der Waals surface area contributed by atoms with Crippen LogP contribution in [0.4, 0.5) is 5.69 Å². The van der Waals surface area contributed by atoms with Crippen LogP contribution in [-0.4, -0.2) is 16.1 Å². The third kappa shape index (κ3) is 2.93. The Kier molecular flexibility index (Phi) is 3.57. The molecule has 2 N–H and O–H groups in total. The Hall–Kier alpha value is -1.88. The monoisotopic (exact) mass is 276 g/mol. The van der Waals surface area contributed by atoms with Gasteiger partial charge in [-0.25, -0.2) is 9.78 Å². The largest absolute Gasteiger partial charge is 0.478 e. The van der Waals surface area contributed by atoms with Crippen molar-refractivity contribution in [3.63, 3.8) is 0 Å². The quantitative estimate of drug-likeness (QED) is 0.897. The highest BCUT2D eigenvalue weighted by atomic mass is 32.1. The summed E-state index contributed by atoms with van der Waals surface area (Å²) < 4.78 is 0. The zero-order chi connectivity index (χ0) is 14.0. The second kappa shape index (κ2) is 5.01. The molecule has 1 aromatic heterocycles. The molecule has 0 aliphatic heterocycles. The van der Waals surface area contributed by atoms with Gasteiger partial charge in [-0.3, -0.25) is 0 Å². The van der Waals surface area contributed by atoms with Gasteiger partial charge in [0.05, 0.1) is 11.1 Å². The predicted octanol–water partition coefficient (Wildman–Crippen LogP) is 3.50. The van der Waals surface area contributed by atoms with Gasteiger partial charge in [0.1, 0.15) is 5.01 Å². The highest BCUT2D eigenvalue weighted by Gasteiger charge is 2.25. The second-order valence-corrected chi connectivity index (χ2v) is 5.84. The fraction of sp³-hybridized carbons (Fsp3) is 0.286. The predicted molar refractivity (Wildman–Crippen MR) is 76.9 cm³/mol. The third-order valence-corrected chi connectivity index (χ3v) is 3.92. The van der Waals surface area contributed by atoms with E-state index in [0.29, 0.717) is 5.69 Å². The molecular formula is C14H16N2O2S. The summed E-state index contributed by atoms with van der Waals surface area (Å²) in [5.41, 5.74) is 1.41. The van der Waals surface area contributed by atoms with Crippen molar-refractivity contribution < 1.29 is 9.90 Å². The third-order valence-electron chi connectivity index (χ3n) is 2.82. The van der Waals surface area contributed by atoms with Crippen LogP contribution in [0.1, 0.15) is 34.8 Å². The molecule has 2 aromatic rings. The lowest BCUT2D eigenvalue weighted by Crippen LogP contribution is -2.28. The Labute approximate surface area is 116 Å². The van der Waals surface area contributed by atoms with E-state index in [-0.39, 0.29) is 5.56 Å². The first-order valence-electron chi connectivity index (χ1n) is 5.92. The fourth-order valence-corrected chi connectivity index (χ4v) is 2.58. The van der Waals surface area contributed by atoms with Crippen molar-refractivity contribution in [2.24, 2.45) is 0 Å². The molecule has 0 bridgehead atoms. The van der Waals surface area contributed by atoms with Gasteiger partial charge >= 0.3 is 5.97 Å². The Morgan fingerprint density at radius 2 is 2.16 bits per heavy atom. The van der Waals surface area contributed by atoms with E-state index in [1.165, 1.54) is 0 Å². The standard InChI is InChI=1S/C14H16N2O2S/c1-9-4-5-11(10(8-9)12(17)18)16-14(2,3)13-15-6-7-19-13/h4-8,16H,1-3H3,(H,17,18). The number of aryl methyl sites for hydroxylation is 1. The number of carbonyl (C=O) groups is 1.